The maximum Gasteiger partial charge on any atom is 3.00 e. The largest absolute Gasteiger partial charge is 3.00 e. The minimum Gasteiger partial charge on any atom is -1.00 e. The average molecular weight is 300 g/mol. The second kappa shape index (κ2) is 10.1. The SMILES string of the molecule is CCO[Si](C)(C)CC1=[C-]CC=C1.[Cl-].[Cl-].[Ti+3]. The standard InChI is InChI=1S/C10H17OSi.2ClH.Ti/c1-4-11-12(2,3)9-10-7-5-6-8-10;;;/h5,7H,4,6,9H2,1-3H3;2*1H;/q-1;;;+3/p-2. The Kier molecular flexibility index (Phi) is 14.4. The van der Waals surface area contributed by atoms with Crippen LogP contribution in [0.5, 0.6) is 0 Å². The van der Waals surface area contributed by atoms with E-state index in [1.165, 1.54) is 5.57 Å². The fourth-order valence-electron chi connectivity index (χ4n) is 1.47. The summed E-state index contributed by atoms with van der Waals surface area (Å²) in [6.45, 7) is 7.43. The third-order valence-corrected chi connectivity index (χ3v) is 4.22. The van der Waals surface area contributed by atoms with E-state index in [0.29, 0.717) is 0 Å². The van der Waals surface area contributed by atoms with Crippen LogP contribution in [-0.2, 0) is 26.1 Å². The first-order valence-corrected chi connectivity index (χ1v) is 7.66. The van der Waals surface area contributed by atoms with Crippen molar-refractivity contribution in [3.05, 3.63) is 23.8 Å². The van der Waals surface area contributed by atoms with Crippen LogP contribution in [0.2, 0.25) is 19.1 Å². The molecule has 0 heterocycles. The Balaban J connectivity index is -0.000000480. The third kappa shape index (κ3) is 8.73. The van der Waals surface area contributed by atoms with Gasteiger partial charge in [-0.2, -0.15) is 6.08 Å². The van der Waals surface area contributed by atoms with Crippen LogP contribution in [0.3, 0.4) is 0 Å². The molecule has 1 rings (SSSR count). The summed E-state index contributed by atoms with van der Waals surface area (Å²) in [5.74, 6) is 0. The van der Waals surface area contributed by atoms with Crippen LogP contribution < -0.4 is 24.8 Å². The summed E-state index contributed by atoms with van der Waals surface area (Å²) < 4.78 is 5.74. The number of rotatable bonds is 4. The summed E-state index contributed by atoms with van der Waals surface area (Å²) in [6, 6.07) is 1.11. The molecule has 0 aromatic rings. The molecule has 0 saturated heterocycles. The zero-order valence-corrected chi connectivity index (χ0v) is 13.5. The zero-order chi connectivity index (χ0) is 9.03. The van der Waals surface area contributed by atoms with Crippen LogP contribution >= 0.6 is 0 Å². The molecule has 0 saturated carbocycles. The van der Waals surface area contributed by atoms with Crippen molar-refractivity contribution in [1.82, 2.24) is 0 Å². The van der Waals surface area contributed by atoms with Crippen LogP contribution in [0, 0.1) is 6.08 Å². The van der Waals surface area contributed by atoms with Crippen LogP contribution in [0.15, 0.2) is 17.7 Å². The normalized spacial score (nSPS) is 13.4. The average Bonchev–Trinajstić information content (AvgIpc) is 2.38. The molecule has 5 heteroatoms. The molecule has 85 valence electrons. The number of hydrogen-bond acceptors (Lipinski definition) is 1. The minimum absolute atomic E-state index is 0. The fourth-order valence-corrected chi connectivity index (χ4v) is 3.52. The van der Waals surface area contributed by atoms with Gasteiger partial charge < -0.3 is 29.2 Å². The van der Waals surface area contributed by atoms with Crippen molar-refractivity contribution in [2.24, 2.45) is 0 Å². The molecule has 1 aliphatic carbocycles. The predicted molar refractivity (Wildman–Crippen MR) is 54.4 cm³/mol. The monoisotopic (exact) mass is 299 g/mol. The van der Waals surface area contributed by atoms with Crippen molar-refractivity contribution in [3.63, 3.8) is 0 Å². The maximum atomic E-state index is 5.74. The van der Waals surface area contributed by atoms with Gasteiger partial charge in [0.1, 0.15) is 0 Å². The van der Waals surface area contributed by atoms with Gasteiger partial charge in [-0.05, 0) is 26.1 Å². The van der Waals surface area contributed by atoms with Crippen LogP contribution in [0.25, 0.3) is 0 Å². The third-order valence-electron chi connectivity index (χ3n) is 1.92. The molecule has 0 aromatic carbocycles. The van der Waals surface area contributed by atoms with E-state index in [0.717, 1.165) is 19.1 Å². The second-order valence-corrected chi connectivity index (χ2v) is 7.84. The Hall–Kier alpha value is 0.951. The Morgan fingerprint density at radius 2 is 2.00 bits per heavy atom. The molecule has 0 fully saturated rings. The van der Waals surface area contributed by atoms with E-state index in [2.05, 4.69) is 38.2 Å². The van der Waals surface area contributed by atoms with Crippen molar-refractivity contribution in [1.29, 1.82) is 0 Å². The summed E-state index contributed by atoms with van der Waals surface area (Å²) in [5, 5.41) is 0. The molecule has 0 bridgehead atoms. The van der Waals surface area contributed by atoms with E-state index in [-0.39, 0.29) is 46.5 Å². The van der Waals surface area contributed by atoms with Gasteiger partial charge in [0.25, 0.3) is 0 Å². The number of allylic oxidation sites excluding steroid dienone is 4. The van der Waals surface area contributed by atoms with Gasteiger partial charge in [-0.1, -0.05) is 0 Å². The molecule has 0 spiro atoms. The van der Waals surface area contributed by atoms with Crippen molar-refractivity contribution in [2.45, 2.75) is 32.5 Å². The molecule has 15 heavy (non-hydrogen) atoms. The summed E-state index contributed by atoms with van der Waals surface area (Å²) >= 11 is 0. The molecule has 1 nitrogen and oxygen atoms in total. The zero-order valence-electron chi connectivity index (χ0n) is 9.44. The Bertz CT molecular complexity index is 217. The van der Waals surface area contributed by atoms with Gasteiger partial charge in [-0.25, -0.2) is 11.6 Å². The first-order valence-electron chi connectivity index (χ1n) is 4.54. The van der Waals surface area contributed by atoms with Gasteiger partial charge in [0.2, 0.25) is 0 Å². The van der Waals surface area contributed by atoms with E-state index < -0.39 is 8.32 Å². The summed E-state index contributed by atoms with van der Waals surface area (Å²) in [7, 11) is -1.42. The number of hydrogen-bond donors (Lipinski definition) is 0. The molecule has 0 amide bonds. The minimum atomic E-state index is -1.42. The van der Waals surface area contributed by atoms with E-state index >= 15 is 0 Å². The summed E-state index contributed by atoms with van der Waals surface area (Å²) in [6.07, 6.45) is 8.66. The van der Waals surface area contributed by atoms with Crippen molar-refractivity contribution in [2.75, 3.05) is 6.61 Å². The van der Waals surface area contributed by atoms with Gasteiger partial charge in [0.05, 0.1) is 0 Å². The van der Waals surface area contributed by atoms with E-state index in [4.69, 9.17) is 4.43 Å². The number of halogens is 2. The quantitative estimate of drug-likeness (QED) is 0.395. The van der Waals surface area contributed by atoms with Gasteiger partial charge in [0, 0.05) is 6.61 Å². The van der Waals surface area contributed by atoms with Crippen LogP contribution in [0.1, 0.15) is 13.3 Å². The van der Waals surface area contributed by atoms with Gasteiger partial charge in [-0.3, -0.25) is 6.08 Å². The molecule has 0 unspecified atom stereocenters. The molecular formula is C10H17Cl2OSiTi. The Morgan fingerprint density at radius 1 is 1.40 bits per heavy atom. The van der Waals surface area contributed by atoms with Crippen molar-refractivity contribution >= 4 is 8.32 Å². The molecule has 0 aromatic heterocycles. The molecular weight excluding hydrogens is 283 g/mol. The molecule has 0 aliphatic heterocycles. The molecule has 1 radical (unpaired) electrons. The van der Waals surface area contributed by atoms with Gasteiger partial charge in [-0.15, -0.1) is 6.42 Å². The van der Waals surface area contributed by atoms with Gasteiger partial charge in [0.15, 0.2) is 8.32 Å². The van der Waals surface area contributed by atoms with Crippen LogP contribution in [0.4, 0.5) is 0 Å². The Labute approximate surface area is 122 Å². The van der Waals surface area contributed by atoms with Gasteiger partial charge >= 0.3 is 21.7 Å². The second-order valence-electron chi connectivity index (χ2n) is 3.68. The van der Waals surface area contributed by atoms with Crippen molar-refractivity contribution < 1.29 is 51.0 Å². The van der Waals surface area contributed by atoms with Crippen molar-refractivity contribution in [3.8, 4) is 0 Å². The maximum absolute atomic E-state index is 5.74. The summed E-state index contributed by atoms with van der Waals surface area (Å²) in [4.78, 5) is 0. The van der Waals surface area contributed by atoms with E-state index in [1.54, 1.807) is 0 Å². The first-order chi connectivity index (χ1) is 5.64. The predicted octanol–water partition coefficient (Wildman–Crippen LogP) is -3.08. The molecule has 1 aliphatic rings. The van der Waals surface area contributed by atoms with E-state index in [9.17, 15) is 0 Å². The smallest absolute Gasteiger partial charge is 1.00 e. The summed E-state index contributed by atoms with van der Waals surface area (Å²) in [5.41, 5.74) is 1.35. The van der Waals surface area contributed by atoms with Crippen LogP contribution in [-0.4, -0.2) is 14.9 Å². The first kappa shape index (κ1) is 21.3. The fraction of sp³-hybridized carbons (Fsp3) is 0.600. The Morgan fingerprint density at radius 3 is 2.40 bits per heavy atom. The topological polar surface area (TPSA) is 9.23 Å². The van der Waals surface area contributed by atoms with E-state index in [1.807, 2.05) is 0 Å². The molecule has 0 N–H and O–H groups in total. The molecule has 0 atom stereocenters.